The van der Waals surface area contributed by atoms with E-state index in [1.807, 2.05) is 0 Å². The van der Waals surface area contributed by atoms with Crippen molar-refractivity contribution in [2.75, 3.05) is 12.8 Å². The van der Waals surface area contributed by atoms with E-state index in [1.165, 1.54) is 0 Å². The first-order valence-electron chi connectivity index (χ1n) is 3.70. The number of pyridine rings is 1. The summed E-state index contributed by atoms with van der Waals surface area (Å²) in [5.74, 6) is -1.95. The van der Waals surface area contributed by atoms with Crippen molar-refractivity contribution in [3.8, 4) is 0 Å². The molecule has 0 atom stereocenters. The predicted molar refractivity (Wildman–Crippen MR) is 50.3 cm³/mol. The van der Waals surface area contributed by atoms with Crippen molar-refractivity contribution < 1.29 is 18.7 Å². The molecule has 0 fully saturated rings. The summed E-state index contributed by atoms with van der Waals surface area (Å²) in [6.45, 7) is 0. The van der Waals surface area contributed by atoms with Crippen molar-refractivity contribution >= 4 is 29.5 Å². The zero-order valence-electron chi connectivity index (χ0n) is 7.58. The summed E-state index contributed by atoms with van der Waals surface area (Å²) >= 11 is 5.56. The number of aromatic nitrogens is 1. The molecule has 1 aromatic heterocycles. The van der Waals surface area contributed by atoms with Gasteiger partial charge in [-0.1, -0.05) is 11.6 Å². The Balaban J connectivity index is 3.48. The molecule has 0 radical (unpaired) electrons. The molecular weight excluding hydrogens is 227 g/mol. The normalized spacial score (nSPS) is 9.80. The zero-order chi connectivity index (χ0) is 11.6. The summed E-state index contributed by atoms with van der Waals surface area (Å²) in [5, 5.41) is -0.370. The van der Waals surface area contributed by atoms with Crippen LogP contribution in [0.5, 0.6) is 0 Å². The first-order chi connectivity index (χ1) is 7.02. The number of anilines is 1. The standard InChI is InChI=1S/C8H6ClFN2O3/c1-15-8(14)7-4(9)6(11)5(10)3(2-13)12-7/h2H,1H3,(H2,11,12). The molecule has 2 N–H and O–H groups in total. The minimum atomic E-state index is -1.05. The number of carbonyl (C=O) groups is 2. The number of carbonyl (C=O) groups excluding carboxylic acids is 2. The highest BCUT2D eigenvalue weighted by atomic mass is 35.5. The first kappa shape index (κ1) is 11.4. The van der Waals surface area contributed by atoms with Crippen LogP contribution in [0.4, 0.5) is 10.1 Å². The van der Waals surface area contributed by atoms with Gasteiger partial charge >= 0.3 is 5.97 Å². The van der Waals surface area contributed by atoms with Gasteiger partial charge in [0, 0.05) is 0 Å². The Bertz CT molecular complexity index is 436. The highest BCUT2D eigenvalue weighted by Gasteiger charge is 2.21. The molecule has 1 rings (SSSR count). The number of methoxy groups -OCH3 is 1. The lowest BCUT2D eigenvalue weighted by molar-refractivity contribution is 0.0594. The molecule has 5 nitrogen and oxygen atoms in total. The number of ether oxygens (including phenoxy) is 1. The highest BCUT2D eigenvalue weighted by Crippen LogP contribution is 2.26. The third kappa shape index (κ3) is 1.89. The molecule has 1 heterocycles. The van der Waals surface area contributed by atoms with E-state index in [-0.39, 0.29) is 17.0 Å². The van der Waals surface area contributed by atoms with Crippen LogP contribution in [0.1, 0.15) is 21.0 Å². The smallest absolute Gasteiger partial charge is 0.358 e. The summed E-state index contributed by atoms with van der Waals surface area (Å²) in [5.41, 5.74) is 3.76. The first-order valence-corrected chi connectivity index (χ1v) is 4.08. The lowest BCUT2D eigenvalue weighted by Crippen LogP contribution is -2.11. The van der Waals surface area contributed by atoms with Gasteiger partial charge in [0.25, 0.3) is 0 Å². The molecule has 0 aliphatic carbocycles. The van der Waals surface area contributed by atoms with Crippen LogP contribution in [0.2, 0.25) is 5.02 Å². The van der Waals surface area contributed by atoms with Gasteiger partial charge in [0.1, 0.15) is 5.69 Å². The van der Waals surface area contributed by atoms with E-state index >= 15 is 0 Å². The van der Waals surface area contributed by atoms with Crippen LogP contribution in [0, 0.1) is 5.82 Å². The van der Waals surface area contributed by atoms with Gasteiger partial charge < -0.3 is 10.5 Å². The number of esters is 1. The van der Waals surface area contributed by atoms with Crippen LogP contribution in [-0.2, 0) is 4.74 Å². The topological polar surface area (TPSA) is 82.3 Å². The molecule has 0 aliphatic rings. The maximum absolute atomic E-state index is 13.2. The lowest BCUT2D eigenvalue weighted by Gasteiger charge is -2.06. The number of rotatable bonds is 2. The van der Waals surface area contributed by atoms with Crippen molar-refractivity contribution in [2.45, 2.75) is 0 Å². The average Bonchev–Trinajstić information content (AvgIpc) is 2.25. The number of aldehydes is 1. The van der Waals surface area contributed by atoms with Gasteiger partial charge in [-0.05, 0) is 0 Å². The van der Waals surface area contributed by atoms with Crippen molar-refractivity contribution in [3.63, 3.8) is 0 Å². The quantitative estimate of drug-likeness (QED) is 0.609. The summed E-state index contributed by atoms with van der Waals surface area (Å²) in [4.78, 5) is 24.9. The fraction of sp³-hybridized carbons (Fsp3) is 0.125. The van der Waals surface area contributed by atoms with E-state index in [4.69, 9.17) is 17.3 Å². The minimum Gasteiger partial charge on any atom is -0.464 e. The molecule has 0 bridgehead atoms. The average molecular weight is 233 g/mol. The number of halogens is 2. The molecule has 7 heteroatoms. The summed E-state index contributed by atoms with van der Waals surface area (Å²) in [6.07, 6.45) is 0.133. The second-order valence-electron chi connectivity index (χ2n) is 2.50. The van der Waals surface area contributed by atoms with Gasteiger partial charge in [-0.25, -0.2) is 14.2 Å². The van der Waals surface area contributed by atoms with Gasteiger partial charge in [0.15, 0.2) is 17.8 Å². The molecule has 0 aromatic carbocycles. The van der Waals surface area contributed by atoms with Crippen LogP contribution in [0.15, 0.2) is 0 Å². The number of hydrogen-bond donors (Lipinski definition) is 1. The lowest BCUT2D eigenvalue weighted by atomic mass is 10.2. The molecule has 0 amide bonds. The van der Waals surface area contributed by atoms with E-state index in [0.29, 0.717) is 0 Å². The second kappa shape index (κ2) is 4.22. The van der Waals surface area contributed by atoms with Crippen LogP contribution >= 0.6 is 11.6 Å². The van der Waals surface area contributed by atoms with Gasteiger partial charge in [-0.2, -0.15) is 0 Å². The third-order valence-corrected chi connectivity index (χ3v) is 2.01. The van der Waals surface area contributed by atoms with E-state index in [0.717, 1.165) is 7.11 Å². The largest absolute Gasteiger partial charge is 0.464 e. The van der Waals surface area contributed by atoms with Crippen molar-refractivity contribution in [1.82, 2.24) is 4.98 Å². The summed E-state index contributed by atoms with van der Waals surface area (Å²) in [7, 11) is 1.10. The molecule has 0 saturated carbocycles. The summed E-state index contributed by atoms with van der Waals surface area (Å²) in [6, 6.07) is 0. The maximum Gasteiger partial charge on any atom is 0.358 e. The Morgan fingerprint density at radius 1 is 1.67 bits per heavy atom. The van der Waals surface area contributed by atoms with Crippen molar-refractivity contribution in [3.05, 3.63) is 22.2 Å². The zero-order valence-corrected chi connectivity index (χ0v) is 8.34. The molecule has 0 unspecified atom stereocenters. The Kier molecular flexibility index (Phi) is 3.21. The number of nitrogens with two attached hydrogens (primary N) is 1. The number of hydrogen-bond acceptors (Lipinski definition) is 5. The SMILES string of the molecule is COC(=O)c1nc(C=O)c(F)c(N)c1Cl. The maximum atomic E-state index is 13.2. The van der Waals surface area contributed by atoms with Gasteiger partial charge in [-0.3, -0.25) is 4.79 Å². The van der Waals surface area contributed by atoms with Gasteiger partial charge in [0.05, 0.1) is 17.8 Å². The van der Waals surface area contributed by atoms with Crippen LogP contribution in [0.3, 0.4) is 0 Å². The van der Waals surface area contributed by atoms with Crippen LogP contribution < -0.4 is 5.73 Å². The van der Waals surface area contributed by atoms with Crippen LogP contribution in [-0.4, -0.2) is 24.3 Å². The molecule has 80 valence electrons. The van der Waals surface area contributed by atoms with E-state index in [2.05, 4.69) is 9.72 Å². The second-order valence-corrected chi connectivity index (χ2v) is 2.87. The van der Waals surface area contributed by atoms with Crippen molar-refractivity contribution in [2.24, 2.45) is 0 Å². The molecule has 1 aromatic rings. The minimum absolute atomic E-state index is 0.133. The van der Waals surface area contributed by atoms with E-state index in [9.17, 15) is 14.0 Å². The van der Waals surface area contributed by atoms with E-state index < -0.39 is 23.2 Å². The molecule has 0 aliphatic heterocycles. The third-order valence-electron chi connectivity index (χ3n) is 1.63. The Morgan fingerprint density at radius 3 is 2.73 bits per heavy atom. The molecule has 0 spiro atoms. The fourth-order valence-electron chi connectivity index (χ4n) is 0.891. The van der Waals surface area contributed by atoms with Crippen LogP contribution in [0.25, 0.3) is 0 Å². The fourth-order valence-corrected chi connectivity index (χ4v) is 1.09. The monoisotopic (exact) mass is 232 g/mol. The molecule has 0 saturated heterocycles. The number of nitrogen functional groups attached to an aromatic ring is 1. The van der Waals surface area contributed by atoms with E-state index in [1.54, 1.807) is 0 Å². The predicted octanol–water partition coefficient (Wildman–Crippen LogP) is 1.06. The highest BCUT2D eigenvalue weighted by molar-refractivity contribution is 6.35. The Morgan fingerprint density at radius 2 is 2.27 bits per heavy atom. The van der Waals surface area contributed by atoms with Crippen molar-refractivity contribution in [1.29, 1.82) is 0 Å². The summed E-state index contributed by atoms with van der Waals surface area (Å²) < 4.78 is 17.5. The molecule has 15 heavy (non-hydrogen) atoms. The Labute approximate surface area is 89.0 Å². The Hall–Kier alpha value is -1.69. The van der Waals surface area contributed by atoms with Gasteiger partial charge in [0.2, 0.25) is 0 Å². The van der Waals surface area contributed by atoms with Gasteiger partial charge in [-0.15, -0.1) is 0 Å². The number of nitrogens with zero attached hydrogens (tertiary/aromatic N) is 1. The molecular formula is C8H6ClFN2O3.